The molecule has 30 heavy (non-hydrogen) atoms. The highest BCUT2D eigenvalue weighted by Crippen LogP contribution is 2.25. The van der Waals surface area contributed by atoms with Crippen molar-refractivity contribution in [2.24, 2.45) is 17.8 Å². The van der Waals surface area contributed by atoms with Gasteiger partial charge in [0.15, 0.2) is 0 Å². The first kappa shape index (κ1) is 56.8. The van der Waals surface area contributed by atoms with Crippen LogP contribution in [0.4, 0.5) is 0 Å². The van der Waals surface area contributed by atoms with Crippen molar-refractivity contribution in [1.29, 1.82) is 0 Å². The summed E-state index contributed by atoms with van der Waals surface area (Å²) in [5.74, 6) is 1.97. The predicted octanol–water partition coefficient (Wildman–Crippen LogP) is 12.6. The van der Waals surface area contributed by atoms with E-state index in [1.165, 1.54) is 24.0 Å². The van der Waals surface area contributed by atoms with Gasteiger partial charge in [0.2, 0.25) is 0 Å². The zero-order valence-corrected chi connectivity index (χ0v) is 24.3. The number of rotatable bonds is 3. The molecule has 0 spiro atoms. The van der Waals surface area contributed by atoms with E-state index < -0.39 is 0 Å². The molecule has 0 radical (unpaired) electrons. The van der Waals surface area contributed by atoms with Gasteiger partial charge < -0.3 is 0 Å². The van der Waals surface area contributed by atoms with Gasteiger partial charge in [-0.15, -0.1) is 19.7 Å². The van der Waals surface area contributed by atoms with Gasteiger partial charge >= 0.3 is 0 Å². The maximum atomic E-state index is 3.94. The fraction of sp³-hybridized carbons (Fsp3) is 0.733. The van der Waals surface area contributed by atoms with Gasteiger partial charge in [0, 0.05) is 5.92 Å². The SMILES string of the molecule is C.C=C.C=C(C)C(C(=C)C)C(C)C.C=CC.CC.CC.CC(C)C.CCC.CCC. The third-order valence-corrected chi connectivity index (χ3v) is 1.73. The van der Waals surface area contributed by atoms with E-state index in [0.29, 0.717) is 11.8 Å². The van der Waals surface area contributed by atoms with E-state index in [0.717, 1.165) is 5.92 Å². The molecule has 0 saturated carbocycles. The van der Waals surface area contributed by atoms with E-state index in [2.05, 4.69) is 109 Å². The first-order valence-electron chi connectivity index (χ1n) is 11.8. The van der Waals surface area contributed by atoms with Gasteiger partial charge in [-0.25, -0.2) is 0 Å². The molecule has 0 amide bonds. The molecule has 0 atom stereocenters. The largest absolute Gasteiger partial charge is 0.106 e. The van der Waals surface area contributed by atoms with Crippen LogP contribution in [0.3, 0.4) is 0 Å². The average molecular weight is 431 g/mol. The van der Waals surface area contributed by atoms with Crippen molar-refractivity contribution in [3.63, 3.8) is 0 Å². The minimum atomic E-state index is 0. The average Bonchev–Trinajstić information content (AvgIpc) is 2.61. The number of hydrogen-bond acceptors (Lipinski definition) is 0. The van der Waals surface area contributed by atoms with Crippen LogP contribution in [0.2, 0.25) is 0 Å². The fourth-order valence-corrected chi connectivity index (χ4v) is 1.56. The maximum Gasteiger partial charge on any atom is 0.00190 e. The molecule has 0 aliphatic carbocycles. The highest BCUT2D eigenvalue weighted by molar-refractivity contribution is 5.13. The van der Waals surface area contributed by atoms with Gasteiger partial charge in [0.25, 0.3) is 0 Å². The normalized spacial score (nSPS) is 6.90. The summed E-state index contributed by atoms with van der Waals surface area (Å²) in [7, 11) is 0. The fourth-order valence-electron chi connectivity index (χ4n) is 1.56. The Kier molecular flexibility index (Phi) is 134. The Morgan fingerprint density at radius 1 is 0.700 bits per heavy atom. The molecule has 0 fully saturated rings. The van der Waals surface area contributed by atoms with Crippen LogP contribution in [-0.4, -0.2) is 0 Å². The van der Waals surface area contributed by atoms with Crippen molar-refractivity contribution in [3.05, 3.63) is 50.1 Å². The van der Waals surface area contributed by atoms with Crippen LogP contribution in [0.1, 0.15) is 131 Å². The lowest BCUT2D eigenvalue weighted by atomic mass is 9.85. The van der Waals surface area contributed by atoms with Crippen molar-refractivity contribution in [2.75, 3.05) is 0 Å². The van der Waals surface area contributed by atoms with E-state index in [9.17, 15) is 0 Å². The summed E-state index contributed by atoms with van der Waals surface area (Å²) in [5.41, 5.74) is 2.45. The molecule has 190 valence electrons. The summed E-state index contributed by atoms with van der Waals surface area (Å²) < 4.78 is 0. The van der Waals surface area contributed by atoms with Crippen LogP contribution in [0.15, 0.2) is 50.1 Å². The molecule has 0 aromatic heterocycles. The standard InChI is InChI=1S/C10H18.C4H10.2C3H8.C3H6.2C2H6.C2H4.CH4/c1-7(2)10(8(3)4)9(5)6;1-4(2)3;3*1-3-2;3*1-2;/h9-10H,1,3H2,2,4-6H3;4H,1-3H3;2*3H2,1-2H3;3H,1H2,2H3;2*1-2H3;1-2H2;1H4. The summed E-state index contributed by atoms with van der Waals surface area (Å²) in [6.07, 6.45) is 4.25. The summed E-state index contributed by atoms with van der Waals surface area (Å²) >= 11 is 0. The smallest absolute Gasteiger partial charge is 0.00190 e. The van der Waals surface area contributed by atoms with Crippen LogP contribution in [0.5, 0.6) is 0 Å². The molecule has 0 nitrogen and oxygen atoms in total. The third kappa shape index (κ3) is 151. The van der Waals surface area contributed by atoms with E-state index in [-0.39, 0.29) is 7.43 Å². The van der Waals surface area contributed by atoms with Crippen LogP contribution in [0.25, 0.3) is 0 Å². The van der Waals surface area contributed by atoms with E-state index in [4.69, 9.17) is 0 Å². The molecule has 0 rings (SSSR count). The summed E-state index contributed by atoms with van der Waals surface area (Å²) in [6.45, 7) is 50.7. The molecular weight excluding hydrogens is 360 g/mol. The monoisotopic (exact) mass is 431 g/mol. The highest BCUT2D eigenvalue weighted by atomic mass is 14.2. The van der Waals surface area contributed by atoms with Crippen molar-refractivity contribution in [1.82, 2.24) is 0 Å². The van der Waals surface area contributed by atoms with Gasteiger partial charge in [0.05, 0.1) is 0 Å². The van der Waals surface area contributed by atoms with Crippen LogP contribution >= 0.6 is 0 Å². The van der Waals surface area contributed by atoms with Crippen molar-refractivity contribution in [2.45, 2.75) is 131 Å². The Balaban J connectivity index is -0.0000000268. The predicted molar refractivity (Wildman–Crippen MR) is 157 cm³/mol. The molecule has 0 bridgehead atoms. The molecule has 0 aromatic carbocycles. The first-order chi connectivity index (χ1) is 13.4. The molecular formula is C30H70. The van der Waals surface area contributed by atoms with Crippen LogP contribution in [0, 0.1) is 17.8 Å². The Morgan fingerprint density at radius 3 is 0.800 bits per heavy atom. The minimum Gasteiger partial charge on any atom is -0.106 e. The Morgan fingerprint density at radius 2 is 0.800 bits per heavy atom. The van der Waals surface area contributed by atoms with Crippen molar-refractivity contribution in [3.8, 4) is 0 Å². The topological polar surface area (TPSA) is 0 Å². The van der Waals surface area contributed by atoms with E-state index in [1.54, 1.807) is 6.08 Å². The summed E-state index contributed by atoms with van der Waals surface area (Å²) in [4.78, 5) is 0. The molecule has 0 aliphatic rings. The van der Waals surface area contributed by atoms with Gasteiger partial charge in [-0.3, -0.25) is 0 Å². The lowest BCUT2D eigenvalue weighted by Crippen LogP contribution is -2.09. The maximum absolute atomic E-state index is 3.94. The second-order valence-electron chi connectivity index (χ2n) is 6.97. The second kappa shape index (κ2) is 70.7. The molecule has 0 aromatic rings. The number of hydrogen-bond donors (Lipinski definition) is 0. The third-order valence-electron chi connectivity index (χ3n) is 1.73. The second-order valence-corrected chi connectivity index (χ2v) is 6.97. The first-order valence-corrected chi connectivity index (χ1v) is 11.8. The molecule has 0 saturated heterocycles. The van der Waals surface area contributed by atoms with Gasteiger partial charge in [-0.1, -0.05) is 141 Å². The Labute approximate surface area is 199 Å². The van der Waals surface area contributed by atoms with Gasteiger partial charge in [0.1, 0.15) is 0 Å². The highest BCUT2D eigenvalue weighted by Gasteiger charge is 2.13. The minimum absolute atomic E-state index is 0. The number of allylic oxidation sites excluding steroid dienone is 3. The van der Waals surface area contributed by atoms with E-state index >= 15 is 0 Å². The van der Waals surface area contributed by atoms with Crippen LogP contribution < -0.4 is 0 Å². The zero-order valence-electron chi connectivity index (χ0n) is 24.3. The Hall–Kier alpha value is -1.04. The summed E-state index contributed by atoms with van der Waals surface area (Å²) in [6, 6.07) is 0. The van der Waals surface area contributed by atoms with Crippen molar-refractivity contribution >= 4 is 0 Å². The molecule has 0 unspecified atom stereocenters. The quantitative estimate of drug-likeness (QED) is 0.390. The van der Waals surface area contributed by atoms with Crippen LogP contribution in [-0.2, 0) is 0 Å². The molecule has 0 heterocycles. The lowest BCUT2D eigenvalue weighted by molar-refractivity contribution is 0.505. The zero-order chi connectivity index (χ0) is 26.0. The molecule has 0 heteroatoms. The molecule has 0 N–H and O–H groups in total. The molecule has 0 aliphatic heterocycles. The lowest BCUT2D eigenvalue weighted by Gasteiger charge is -2.20. The summed E-state index contributed by atoms with van der Waals surface area (Å²) in [5, 5.41) is 0. The van der Waals surface area contributed by atoms with Crippen molar-refractivity contribution < 1.29 is 0 Å². The van der Waals surface area contributed by atoms with Gasteiger partial charge in [-0.2, -0.15) is 0 Å². The van der Waals surface area contributed by atoms with Gasteiger partial charge in [-0.05, 0) is 32.6 Å². The van der Waals surface area contributed by atoms with E-state index in [1.807, 2.05) is 34.6 Å². The Bertz CT molecular complexity index is 224.